The Morgan fingerprint density at radius 1 is 1.08 bits per heavy atom. The largest absolute Gasteiger partial charge is 0.392 e. The van der Waals surface area contributed by atoms with Crippen LogP contribution < -0.4 is 5.73 Å². The van der Waals surface area contributed by atoms with E-state index in [-0.39, 0.29) is 12.1 Å². The van der Waals surface area contributed by atoms with E-state index in [2.05, 4.69) is 6.92 Å². The summed E-state index contributed by atoms with van der Waals surface area (Å²) in [4.78, 5) is 0. The average molecular weight is 187 g/mol. The minimum atomic E-state index is -0.300. The maximum absolute atomic E-state index is 9.40. The molecule has 0 aliphatic rings. The standard InChI is InChI=1S/C11H25NO/c1-3-4-5-6-7-8-9-11(13)10(2)12/h10-11,13H,3-9,12H2,1-2H3/t10-,11-/m0/s1. The van der Waals surface area contributed by atoms with Crippen LogP contribution in [0.5, 0.6) is 0 Å². The Kier molecular flexibility index (Phi) is 8.46. The molecule has 0 saturated carbocycles. The summed E-state index contributed by atoms with van der Waals surface area (Å²) in [6.07, 6.45) is 8.20. The van der Waals surface area contributed by atoms with Gasteiger partial charge in [0, 0.05) is 6.04 Å². The van der Waals surface area contributed by atoms with Gasteiger partial charge in [-0.25, -0.2) is 0 Å². The molecule has 80 valence electrons. The quantitative estimate of drug-likeness (QED) is 0.573. The van der Waals surface area contributed by atoms with Crippen LogP contribution in [-0.4, -0.2) is 17.3 Å². The van der Waals surface area contributed by atoms with Gasteiger partial charge in [-0.05, 0) is 13.3 Å². The van der Waals surface area contributed by atoms with E-state index in [1.165, 1.54) is 32.1 Å². The fraction of sp³-hybridized carbons (Fsp3) is 1.00. The molecule has 0 aromatic rings. The zero-order chi connectivity index (χ0) is 10.1. The Labute approximate surface area is 82.5 Å². The predicted octanol–water partition coefficient (Wildman–Crippen LogP) is 2.45. The maximum Gasteiger partial charge on any atom is 0.0688 e. The lowest BCUT2D eigenvalue weighted by atomic mass is 10.0. The van der Waals surface area contributed by atoms with Gasteiger partial charge in [-0.15, -0.1) is 0 Å². The smallest absolute Gasteiger partial charge is 0.0688 e. The SMILES string of the molecule is CCCCCCCC[C@H](O)[C@H](C)N. The molecular weight excluding hydrogens is 162 g/mol. The Balaban J connectivity index is 3.07. The van der Waals surface area contributed by atoms with Crippen molar-refractivity contribution in [1.29, 1.82) is 0 Å². The molecule has 0 aromatic carbocycles. The first-order chi connectivity index (χ1) is 6.18. The van der Waals surface area contributed by atoms with Crippen molar-refractivity contribution >= 4 is 0 Å². The van der Waals surface area contributed by atoms with Crippen LogP contribution in [0.15, 0.2) is 0 Å². The lowest BCUT2D eigenvalue weighted by Gasteiger charge is -2.13. The maximum atomic E-state index is 9.40. The van der Waals surface area contributed by atoms with Gasteiger partial charge in [-0.3, -0.25) is 0 Å². The van der Waals surface area contributed by atoms with Crippen molar-refractivity contribution in [2.75, 3.05) is 0 Å². The minimum Gasteiger partial charge on any atom is -0.392 e. The van der Waals surface area contributed by atoms with Crippen molar-refractivity contribution in [3.8, 4) is 0 Å². The summed E-state index contributed by atoms with van der Waals surface area (Å²) in [5.41, 5.74) is 5.55. The average Bonchev–Trinajstić information content (AvgIpc) is 2.10. The molecule has 0 radical (unpaired) electrons. The molecule has 0 aliphatic carbocycles. The number of rotatable bonds is 8. The molecule has 3 N–H and O–H groups in total. The van der Waals surface area contributed by atoms with E-state index in [4.69, 9.17) is 5.73 Å². The Morgan fingerprint density at radius 2 is 1.62 bits per heavy atom. The van der Waals surface area contributed by atoms with Gasteiger partial charge in [0.2, 0.25) is 0 Å². The Bertz CT molecular complexity index is 104. The van der Waals surface area contributed by atoms with Crippen molar-refractivity contribution in [2.45, 2.75) is 70.9 Å². The molecule has 0 aromatic heterocycles. The van der Waals surface area contributed by atoms with Crippen LogP contribution in [0.1, 0.15) is 58.8 Å². The lowest BCUT2D eigenvalue weighted by Crippen LogP contribution is -2.31. The monoisotopic (exact) mass is 187 g/mol. The normalized spacial score (nSPS) is 15.7. The summed E-state index contributed by atoms with van der Waals surface area (Å²) >= 11 is 0. The molecule has 0 saturated heterocycles. The van der Waals surface area contributed by atoms with E-state index in [0.29, 0.717) is 0 Å². The summed E-state index contributed by atoms with van der Waals surface area (Å²) in [6, 6.07) is -0.0735. The number of nitrogens with two attached hydrogens (primary N) is 1. The van der Waals surface area contributed by atoms with E-state index >= 15 is 0 Å². The first kappa shape index (κ1) is 12.9. The van der Waals surface area contributed by atoms with E-state index in [0.717, 1.165) is 12.8 Å². The molecular formula is C11H25NO. The second-order valence-electron chi connectivity index (χ2n) is 3.98. The summed E-state index contributed by atoms with van der Waals surface area (Å²) < 4.78 is 0. The van der Waals surface area contributed by atoms with E-state index < -0.39 is 0 Å². The van der Waals surface area contributed by atoms with Crippen LogP contribution >= 0.6 is 0 Å². The summed E-state index contributed by atoms with van der Waals surface area (Å²) in [5.74, 6) is 0. The van der Waals surface area contributed by atoms with E-state index in [1.54, 1.807) is 0 Å². The highest BCUT2D eigenvalue weighted by molar-refractivity contribution is 4.65. The molecule has 0 heterocycles. The van der Waals surface area contributed by atoms with E-state index in [1.807, 2.05) is 6.92 Å². The number of aliphatic hydroxyl groups is 1. The van der Waals surface area contributed by atoms with Gasteiger partial charge in [-0.2, -0.15) is 0 Å². The van der Waals surface area contributed by atoms with Crippen molar-refractivity contribution < 1.29 is 5.11 Å². The fourth-order valence-corrected chi connectivity index (χ4v) is 1.40. The van der Waals surface area contributed by atoms with Crippen molar-refractivity contribution in [3.63, 3.8) is 0 Å². The van der Waals surface area contributed by atoms with Crippen LogP contribution in [-0.2, 0) is 0 Å². The highest BCUT2D eigenvalue weighted by atomic mass is 16.3. The second kappa shape index (κ2) is 8.52. The number of hydrogen-bond donors (Lipinski definition) is 2. The zero-order valence-electron chi connectivity index (χ0n) is 9.13. The molecule has 0 amide bonds. The van der Waals surface area contributed by atoms with Gasteiger partial charge >= 0.3 is 0 Å². The molecule has 0 rings (SSSR count). The third-order valence-corrected chi connectivity index (χ3v) is 2.46. The summed E-state index contributed by atoms with van der Waals surface area (Å²) in [6.45, 7) is 4.08. The number of hydrogen-bond acceptors (Lipinski definition) is 2. The third-order valence-electron chi connectivity index (χ3n) is 2.46. The highest BCUT2D eigenvalue weighted by Crippen LogP contribution is 2.09. The molecule has 13 heavy (non-hydrogen) atoms. The third kappa shape index (κ3) is 8.26. The van der Waals surface area contributed by atoms with Crippen molar-refractivity contribution in [1.82, 2.24) is 0 Å². The molecule has 2 atom stereocenters. The molecule has 0 aliphatic heterocycles. The van der Waals surface area contributed by atoms with Crippen molar-refractivity contribution in [2.24, 2.45) is 5.73 Å². The van der Waals surface area contributed by atoms with Crippen LogP contribution in [0.2, 0.25) is 0 Å². The van der Waals surface area contributed by atoms with E-state index in [9.17, 15) is 5.11 Å². The molecule has 0 bridgehead atoms. The first-order valence-corrected chi connectivity index (χ1v) is 5.62. The molecule has 0 spiro atoms. The zero-order valence-corrected chi connectivity index (χ0v) is 9.13. The van der Waals surface area contributed by atoms with Crippen molar-refractivity contribution in [3.05, 3.63) is 0 Å². The molecule has 0 unspecified atom stereocenters. The summed E-state index contributed by atoms with van der Waals surface area (Å²) in [5, 5.41) is 9.40. The predicted molar refractivity (Wildman–Crippen MR) is 57.6 cm³/mol. The molecule has 0 fully saturated rings. The number of aliphatic hydroxyl groups excluding tert-OH is 1. The second-order valence-corrected chi connectivity index (χ2v) is 3.98. The van der Waals surface area contributed by atoms with Gasteiger partial charge in [0.1, 0.15) is 0 Å². The first-order valence-electron chi connectivity index (χ1n) is 5.62. The topological polar surface area (TPSA) is 46.2 Å². The Hall–Kier alpha value is -0.0800. The van der Waals surface area contributed by atoms with Crippen LogP contribution in [0, 0.1) is 0 Å². The Morgan fingerprint density at radius 3 is 2.15 bits per heavy atom. The minimum absolute atomic E-state index is 0.0735. The molecule has 2 heteroatoms. The fourth-order valence-electron chi connectivity index (χ4n) is 1.40. The van der Waals surface area contributed by atoms with Crippen LogP contribution in [0.25, 0.3) is 0 Å². The summed E-state index contributed by atoms with van der Waals surface area (Å²) in [7, 11) is 0. The van der Waals surface area contributed by atoms with Crippen LogP contribution in [0.4, 0.5) is 0 Å². The van der Waals surface area contributed by atoms with Gasteiger partial charge in [-0.1, -0.05) is 45.4 Å². The van der Waals surface area contributed by atoms with Gasteiger partial charge in [0.05, 0.1) is 6.10 Å². The van der Waals surface area contributed by atoms with Gasteiger partial charge in [0.25, 0.3) is 0 Å². The highest BCUT2D eigenvalue weighted by Gasteiger charge is 2.07. The van der Waals surface area contributed by atoms with Gasteiger partial charge in [0.15, 0.2) is 0 Å². The number of unbranched alkanes of at least 4 members (excludes halogenated alkanes) is 5. The van der Waals surface area contributed by atoms with Crippen LogP contribution in [0.3, 0.4) is 0 Å². The molecule has 2 nitrogen and oxygen atoms in total. The lowest BCUT2D eigenvalue weighted by molar-refractivity contribution is 0.138. The van der Waals surface area contributed by atoms with Gasteiger partial charge < -0.3 is 10.8 Å².